The maximum absolute atomic E-state index is 15.0. The minimum absolute atomic E-state index is 0.000256. The maximum Gasteiger partial charge on any atom is 0.417 e. The number of hydrogen-bond donors (Lipinski definition) is 0. The third-order valence-corrected chi connectivity index (χ3v) is 13.8. The van der Waals surface area contributed by atoms with Gasteiger partial charge < -0.3 is 9.13 Å². The second kappa shape index (κ2) is 17.1. The van der Waals surface area contributed by atoms with Crippen LogP contribution in [0.1, 0.15) is 38.9 Å². The van der Waals surface area contributed by atoms with E-state index in [0.29, 0.717) is 83.6 Å². The van der Waals surface area contributed by atoms with Crippen molar-refractivity contribution in [3.63, 3.8) is 0 Å². The van der Waals surface area contributed by atoms with Crippen LogP contribution in [0.3, 0.4) is 0 Å². The molecule has 0 N–H and O–H groups in total. The van der Waals surface area contributed by atoms with Crippen LogP contribution in [-0.4, -0.2) is 9.13 Å². The first-order valence-electron chi connectivity index (χ1n) is 23.1. The Kier molecular flexibility index (Phi) is 10.9. The Morgan fingerprint density at radius 2 is 0.863 bits per heavy atom. The molecule has 0 unspecified atom stereocenters. The number of hydrogen-bond acceptors (Lipinski definition) is 1. The highest BCUT2D eigenvalue weighted by atomic mass is 19.4. The molecule has 3 nitrogen and oxygen atoms in total. The topological polar surface area (TPSA) is 33.6 Å². The van der Waals surface area contributed by atoms with Gasteiger partial charge in [-0.1, -0.05) is 84.9 Å². The maximum atomic E-state index is 15.0. The Labute approximate surface area is 412 Å². The molecule has 11 aromatic rings. The van der Waals surface area contributed by atoms with E-state index in [4.69, 9.17) is 0 Å². The van der Waals surface area contributed by atoms with Gasteiger partial charge in [-0.2, -0.15) is 44.8 Å². The van der Waals surface area contributed by atoms with Crippen LogP contribution in [0, 0.1) is 32.1 Å². The molecule has 73 heavy (non-hydrogen) atoms. The van der Waals surface area contributed by atoms with Gasteiger partial charge in [-0.05, 0) is 162 Å². The molecule has 2 heterocycles. The lowest BCUT2D eigenvalue weighted by molar-refractivity contribution is -0.138. The molecule has 12 heteroatoms. The van der Waals surface area contributed by atoms with Gasteiger partial charge in [0.2, 0.25) is 0 Å². The lowest BCUT2D eigenvalue weighted by Gasteiger charge is -2.21. The van der Waals surface area contributed by atoms with E-state index in [2.05, 4.69) is 6.07 Å². The van der Waals surface area contributed by atoms with E-state index in [9.17, 15) is 44.8 Å². The summed E-state index contributed by atoms with van der Waals surface area (Å²) in [5.74, 6) is 0. The van der Waals surface area contributed by atoms with Crippen LogP contribution >= 0.6 is 0 Å². The monoisotopic (exact) mass is 983 g/mol. The van der Waals surface area contributed by atoms with Gasteiger partial charge in [0.15, 0.2) is 0 Å². The second-order valence-electron chi connectivity index (χ2n) is 18.3. The summed E-state index contributed by atoms with van der Waals surface area (Å²) >= 11 is 0. The highest BCUT2D eigenvalue weighted by Crippen LogP contribution is 2.47. The van der Waals surface area contributed by atoms with E-state index >= 15 is 0 Å². The zero-order valence-corrected chi connectivity index (χ0v) is 39.0. The first-order chi connectivity index (χ1) is 34.8. The molecule has 11 rings (SSSR count). The van der Waals surface area contributed by atoms with Gasteiger partial charge in [0.05, 0.1) is 61.8 Å². The zero-order valence-electron chi connectivity index (χ0n) is 39.0. The first kappa shape index (κ1) is 46.8. The summed E-state index contributed by atoms with van der Waals surface area (Å²) in [4.78, 5) is 0. The Hall–Kier alpha value is -8.56. The minimum atomic E-state index is -4.70. The van der Waals surface area contributed by atoms with E-state index in [1.54, 1.807) is 63.2 Å². The van der Waals surface area contributed by atoms with Gasteiger partial charge in [0.25, 0.3) is 0 Å². The number of fused-ring (bicyclic) bond motifs is 6. The molecule has 0 aliphatic heterocycles. The number of aromatic nitrogens is 2. The number of alkyl halides is 9. The highest BCUT2D eigenvalue weighted by Gasteiger charge is 2.35. The predicted octanol–water partition coefficient (Wildman–Crippen LogP) is 18.4. The number of halogens is 9. The average molecular weight is 984 g/mol. The van der Waals surface area contributed by atoms with Crippen molar-refractivity contribution in [2.75, 3.05) is 0 Å². The Morgan fingerprint density at radius 3 is 1.37 bits per heavy atom. The van der Waals surface area contributed by atoms with Gasteiger partial charge >= 0.3 is 18.5 Å². The van der Waals surface area contributed by atoms with Crippen molar-refractivity contribution in [2.45, 2.75) is 39.3 Å². The fourth-order valence-electron chi connectivity index (χ4n) is 10.5. The Morgan fingerprint density at radius 1 is 0.370 bits per heavy atom. The predicted molar refractivity (Wildman–Crippen MR) is 271 cm³/mol. The lowest BCUT2D eigenvalue weighted by atomic mass is 9.90. The Balaban J connectivity index is 1.19. The van der Waals surface area contributed by atoms with Crippen LogP contribution in [0.2, 0.25) is 0 Å². The van der Waals surface area contributed by atoms with E-state index in [0.717, 1.165) is 62.9 Å². The van der Waals surface area contributed by atoms with Gasteiger partial charge in [-0.25, -0.2) is 0 Å². The van der Waals surface area contributed by atoms with Crippen LogP contribution < -0.4 is 0 Å². The van der Waals surface area contributed by atoms with E-state index in [1.807, 2.05) is 94.1 Å². The third-order valence-electron chi connectivity index (χ3n) is 13.8. The van der Waals surface area contributed by atoms with Gasteiger partial charge in [0.1, 0.15) is 0 Å². The lowest BCUT2D eigenvalue weighted by Crippen LogP contribution is -2.08. The van der Waals surface area contributed by atoms with E-state index in [1.165, 1.54) is 18.2 Å². The molecule has 2 aromatic heterocycles. The fourth-order valence-corrected chi connectivity index (χ4v) is 10.5. The fraction of sp³-hybridized carbons (Fsp3) is 0.0984. The van der Waals surface area contributed by atoms with Crippen LogP contribution in [-0.2, 0) is 18.5 Å². The molecule has 0 aliphatic carbocycles. The van der Waals surface area contributed by atoms with Gasteiger partial charge in [-0.3, -0.25) is 0 Å². The van der Waals surface area contributed by atoms with Crippen molar-refractivity contribution < 1.29 is 39.5 Å². The van der Waals surface area contributed by atoms with E-state index in [-0.39, 0.29) is 5.56 Å². The molecule has 0 saturated carbocycles. The van der Waals surface area contributed by atoms with E-state index < -0.39 is 35.2 Å². The number of benzene rings is 9. The quantitative estimate of drug-likeness (QED) is 0.153. The van der Waals surface area contributed by atoms with Crippen molar-refractivity contribution in [2.24, 2.45) is 0 Å². The summed E-state index contributed by atoms with van der Waals surface area (Å²) in [7, 11) is 0. The summed E-state index contributed by atoms with van der Waals surface area (Å²) in [5.41, 5.74) is 7.25. The molecule has 0 amide bonds. The molecular weight excluding hydrogens is 946 g/mol. The molecular formula is C61H38F9N3. The summed E-state index contributed by atoms with van der Waals surface area (Å²) in [6.07, 6.45) is -13.7. The van der Waals surface area contributed by atoms with Crippen LogP contribution in [0.5, 0.6) is 0 Å². The molecule has 9 aromatic carbocycles. The summed E-state index contributed by atoms with van der Waals surface area (Å²) in [6, 6.07) is 50.6. The second-order valence-corrected chi connectivity index (χ2v) is 18.3. The number of nitriles is 1. The van der Waals surface area contributed by atoms with Crippen molar-refractivity contribution in [3.05, 3.63) is 215 Å². The average Bonchev–Trinajstić information content (AvgIpc) is 3.87. The summed E-state index contributed by atoms with van der Waals surface area (Å²) < 4.78 is 131. The molecule has 0 saturated heterocycles. The van der Waals surface area contributed by atoms with Crippen molar-refractivity contribution in [1.82, 2.24) is 9.13 Å². The third kappa shape index (κ3) is 7.96. The number of para-hydroxylation sites is 2. The van der Waals surface area contributed by atoms with Gasteiger partial charge in [0, 0.05) is 32.7 Å². The van der Waals surface area contributed by atoms with Crippen LogP contribution in [0.25, 0.3) is 99.5 Å². The normalized spacial score (nSPS) is 12.4. The van der Waals surface area contributed by atoms with Crippen molar-refractivity contribution >= 4 is 43.6 Å². The number of aryl methyl sites for hydroxylation is 3. The SMILES string of the molecule is Cc1cc(C(F)(F)F)ccc1-c1ccc2c(c1)c1ccccc1n2-c1ccc(-c2c(C)cccc2C(F)(F)F)cc1-c1ccc(C#N)cc1-n1c2ccccc2c2cc(-c3ccc(C(F)(F)F)cc3C)ccc21. The number of rotatable bonds is 6. The minimum Gasteiger partial charge on any atom is -0.309 e. The van der Waals surface area contributed by atoms with Crippen molar-refractivity contribution in [1.29, 1.82) is 5.26 Å². The molecule has 0 fully saturated rings. The zero-order chi connectivity index (χ0) is 51.3. The summed E-state index contributed by atoms with van der Waals surface area (Å²) in [5, 5.41) is 13.6. The van der Waals surface area contributed by atoms with Gasteiger partial charge in [-0.15, -0.1) is 0 Å². The first-order valence-corrected chi connectivity index (χ1v) is 23.1. The van der Waals surface area contributed by atoms with Crippen LogP contribution in [0.4, 0.5) is 39.5 Å². The largest absolute Gasteiger partial charge is 0.417 e. The molecule has 360 valence electrons. The molecule has 0 bridgehead atoms. The molecule has 0 spiro atoms. The smallest absolute Gasteiger partial charge is 0.309 e. The molecule has 0 radical (unpaired) electrons. The van der Waals surface area contributed by atoms with Crippen LogP contribution in [0.15, 0.2) is 176 Å². The standard InChI is InChI=1S/C61H38F9N3/c1-34-9-8-12-51(61(68,69)70)58(34)40-18-26-55(72-52-13-6-4-10-45(52)48-30-38(16-24-54(48)72)43-22-19-41(27-35(43)2)59(62,63)64)50(32-40)47-21-15-37(33-71)29-57(47)73-53-14-7-5-11-46(53)49-31-39(17-25-56(49)73)44-23-20-42(28-36(44)3)60(65,66)67/h4-32H,1-3H3. The highest BCUT2D eigenvalue weighted by molar-refractivity contribution is 6.13. The number of nitrogens with zero attached hydrogens (tertiary/aromatic N) is 3. The molecule has 0 atom stereocenters. The Bertz CT molecular complexity index is 4100. The molecule has 0 aliphatic rings. The van der Waals surface area contributed by atoms with Crippen molar-refractivity contribution in [3.8, 4) is 62.0 Å². The summed E-state index contributed by atoms with van der Waals surface area (Å²) in [6.45, 7) is 4.90.